The normalized spacial score (nSPS) is 14.8. The third kappa shape index (κ3) is 5.33. The minimum Gasteiger partial charge on any atom is -0.493 e. The summed E-state index contributed by atoms with van der Waals surface area (Å²) in [7, 11) is 1.58. The van der Waals surface area contributed by atoms with E-state index in [0.717, 1.165) is 11.3 Å². The molecule has 4 rings (SSSR count). The number of para-hydroxylation sites is 1. The van der Waals surface area contributed by atoms with Gasteiger partial charge in [-0.05, 0) is 48.0 Å². The van der Waals surface area contributed by atoms with E-state index in [9.17, 15) is 4.79 Å². The van der Waals surface area contributed by atoms with E-state index in [1.807, 2.05) is 54.6 Å². The van der Waals surface area contributed by atoms with Gasteiger partial charge in [0.2, 0.25) is 0 Å². The van der Waals surface area contributed by atoms with Crippen molar-refractivity contribution in [2.45, 2.75) is 6.54 Å². The predicted octanol–water partition coefficient (Wildman–Crippen LogP) is 5.15. The fourth-order valence-corrected chi connectivity index (χ4v) is 4.32. The van der Waals surface area contributed by atoms with E-state index in [0.29, 0.717) is 46.2 Å². The number of nitrogens with zero attached hydrogens (tertiary/aromatic N) is 1. The Morgan fingerprint density at radius 2 is 1.84 bits per heavy atom. The molecule has 1 aliphatic heterocycles. The third-order valence-corrected chi connectivity index (χ3v) is 5.98. The molecule has 3 aromatic rings. The minimum absolute atomic E-state index is 0.145. The number of benzene rings is 2. The van der Waals surface area contributed by atoms with Gasteiger partial charge in [0, 0.05) is 0 Å². The molecule has 6 nitrogen and oxygen atoms in total. The first-order valence-electron chi connectivity index (χ1n) is 9.90. The van der Waals surface area contributed by atoms with Crippen molar-refractivity contribution >= 4 is 40.3 Å². The van der Waals surface area contributed by atoms with Crippen LogP contribution < -0.4 is 14.2 Å². The van der Waals surface area contributed by atoms with Crippen LogP contribution in [0.3, 0.4) is 0 Å². The number of amides is 1. The summed E-state index contributed by atoms with van der Waals surface area (Å²) in [5.74, 6) is 2.51. The van der Waals surface area contributed by atoms with Crippen LogP contribution in [0, 0.1) is 0 Å². The minimum atomic E-state index is -0.145. The van der Waals surface area contributed by atoms with Gasteiger partial charge < -0.3 is 18.6 Å². The van der Waals surface area contributed by atoms with Crippen molar-refractivity contribution in [1.29, 1.82) is 0 Å². The average molecular weight is 468 g/mol. The summed E-state index contributed by atoms with van der Waals surface area (Å²) < 4.78 is 22.8. The van der Waals surface area contributed by atoms with Crippen LogP contribution in [0.5, 0.6) is 17.2 Å². The summed E-state index contributed by atoms with van der Waals surface area (Å²) >= 11 is 6.65. The number of carbonyl (C=O) groups excluding carboxylic acids is 1. The van der Waals surface area contributed by atoms with Gasteiger partial charge >= 0.3 is 0 Å². The van der Waals surface area contributed by atoms with Crippen LogP contribution in [0.25, 0.3) is 6.08 Å². The Morgan fingerprint density at radius 1 is 1.03 bits per heavy atom. The molecule has 32 heavy (non-hydrogen) atoms. The van der Waals surface area contributed by atoms with E-state index in [-0.39, 0.29) is 5.91 Å². The highest BCUT2D eigenvalue weighted by molar-refractivity contribution is 8.26. The number of carbonyl (C=O) groups is 1. The second-order valence-corrected chi connectivity index (χ2v) is 8.44. The van der Waals surface area contributed by atoms with Crippen LogP contribution >= 0.6 is 24.0 Å². The molecule has 1 amide bonds. The van der Waals surface area contributed by atoms with Crippen molar-refractivity contribution < 1.29 is 23.4 Å². The fourth-order valence-electron chi connectivity index (χ4n) is 3.07. The maximum atomic E-state index is 12.8. The second kappa shape index (κ2) is 10.4. The average Bonchev–Trinajstić information content (AvgIpc) is 3.42. The van der Waals surface area contributed by atoms with E-state index in [1.165, 1.54) is 16.7 Å². The maximum absolute atomic E-state index is 12.8. The Morgan fingerprint density at radius 3 is 2.59 bits per heavy atom. The number of rotatable bonds is 9. The third-order valence-electron chi connectivity index (χ3n) is 4.61. The van der Waals surface area contributed by atoms with E-state index < -0.39 is 0 Å². The first-order valence-corrected chi connectivity index (χ1v) is 11.1. The first-order chi connectivity index (χ1) is 15.6. The molecule has 1 fully saturated rings. The summed E-state index contributed by atoms with van der Waals surface area (Å²) in [6.07, 6.45) is 3.37. The van der Waals surface area contributed by atoms with Gasteiger partial charge in [-0.25, -0.2) is 0 Å². The standard InChI is InChI=1S/C24H21NO5S2/c1-27-21-14-17(9-10-20(21)30-13-12-29-18-6-3-2-4-7-18)15-22-23(26)25(24(31)32-22)16-19-8-5-11-28-19/h2-11,14-15H,12-13,16H2,1H3. The van der Waals surface area contributed by atoms with Crippen LogP contribution in [0.1, 0.15) is 11.3 Å². The van der Waals surface area contributed by atoms with Crippen molar-refractivity contribution in [1.82, 2.24) is 4.90 Å². The number of furan rings is 1. The molecule has 1 aliphatic rings. The van der Waals surface area contributed by atoms with Gasteiger partial charge in [0.25, 0.3) is 5.91 Å². The highest BCUT2D eigenvalue weighted by Crippen LogP contribution is 2.35. The van der Waals surface area contributed by atoms with Gasteiger partial charge in [-0.15, -0.1) is 0 Å². The van der Waals surface area contributed by atoms with Crippen molar-refractivity contribution in [3.05, 3.63) is 83.2 Å². The Labute approximate surface area is 195 Å². The Kier molecular flexibility index (Phi) is 7.14. The number of hydrogen-bond acceptors (Lipinski definition) is 7. The lowest BCUT2D eigenvalue weighted by Crippen LogP contribution is -2.27. The molecular weight excluding hydrogens is 446 g/mol. The maximum Gasteiger partial charge on any atom is 0.266 e. The topological polar surface area (TPSA) is 61.1 Å². The number of methoxy groups -OCH3 is 1. The molecule has 1 saturated heterocycles. The molecule has 8 heteroatoms. The monoisotopic (exact) mass is 467 g/mol. The summed E-state index contributed by atoms with van der Waals surface area (Å²) in [5, 5.41) is 0. The van der Waals surface area contributed by atoms with E-state index >= 15 is 0 Å². The second-order valence-electron chi connectivity index (χ2n) is 6.77. The number of thiocarbonyl (C=S) groups is 1. The molecule has 0 aliphatic carbocycles. The zero-order chi connectivity index (χ0) is 22.3. The molecule has 0 unspecified atom stereocenters. The van der Waals surface area contributed by atoms with Crippen LogP contribution in [-0.4, -0.2) is 35.5 Å². The number of hydrogen-bond donors (Lipinski definition) is 0. The van der Waals surface area contributed by atoms with Gasteiger partial charge in [0.05, 0.1) is 24.8 Å². The zero-order valence-electron chi connectivity index (χ0n) is 17.4. The summed E-state index contributed by atoms with van der Waals surface area (Å²) in [6.45, 7) is 1.10. The lowest BCUT2D eigenvalue weighted by molar-refractivity contribution is -0.122. The summed E-state index contributed by atoms with van der Waals surface area (Å²) in [5.41, 5.74) is 0.813. The van der Waals surface area contributed by atoms with Gasteiger partial charge in [-0.1, -0.05) is 48.2 Å². The molecule has 2 heterocycles. The highest BCUT2D eigenvalue weighted by Gasteiger charge is 2.32. The first kappa shape index (κ1) is 22.0. The van der Waals surface area contributed by atoms with Crippen LogP contribution in [-0.2, 0) is 11.3 Å². The highest BCUT2D eigenvalue weighted by atomic mass is 32.2. The largest absolute Gasteiger partial charge is 0.493 e. The van der Waals surface area contributed by atoms with E-state index in [4.69, 9.17) is 30.8 Å². The van der Waals surface area contributed by atoms with Gasteiger partial charge in [0.15, 0.2) is 11.5 Å². The molecule has 0 N–H and O–H groups in total. The molecular formula is C24H21NO5S2. The van der Waals surface area contributed by atoms with Crippen molar-refractivity contribution in [2.75, 3.05) is 20.3 Å². The Balaban J connectivity index is 1.39. The summed E-state index contributed by atoms with van der Waals surface area (Å²) in [4.78, 5) is 14.9. The van der Waals surface area contributed by atoms with E-state index in [1.54, 1.807) is 25.5 Å². The molecule has 1 aromatic heterocycles. The summed E-state index contributed by atoms with van der Waals surface area (Å²) in [6, 6.07) is 18.7. The van der Waals surface area contributed by atoms with Gasteiger partial charge in [-0.3, -0.25) is 9.69 Å². The molecule has 0 radical (unpaired) electrons. The van der Waals surface area contributed by atoms with Gasteiger partial charge in [-0.2, -0.15) is 0 Å². The van der Waals surface area contributed by atoms with Crippen molar-refractivity contribution in [3.63, 3.8) is 0 Å². The smallest absolute Gasteiger partial charge is 0.266 e. The Hall–Kier alpha value is -3.23. The van der Waals surface area contributed by atoms with Crippen LogP contribution in [0.4, 0.5) is 0 Å². The number of ether oxygens (including phenoxy) is 3. The van der Waals surface area contributed by atoms with Crippen molar-refractivity contribution in [2.24, 2.45) is 0 Å². The molecule has 0 atom stereocenters. The molecule has 0 saturated carbocycles. The molecule has 2 aromatic carbocycles. The molecule has 0 bridgehead atoms. The zero-order valence-corrected chi connectivity index (χ0v) is 19.0. The van der Waals surface area contributed by atoms with Crippen molar-refractivity contribution in [3.8, 4) is 17.2 Å². The van der Waals surface area contributed by atoms with E-state index in [2.05, 4.69) is 0 Å². The fraction of sp³-hybridized carbons (Fsp3) is 0.167. The quantitative estimate of drug-likeness (QED) is 0.245. The van der Waals surface area contributed by atoms with Gasteiger partial charge in [0.1, 0.15) is 29.0 Å². The lowest BCUT2D eigenvalue weighted by Gasteiger charge is -2.12. The molecule has 164 valence electrons. The lowest BCUT2D eigenvalue weighted by atomic mass is 10.2. The van der Waals surface area contributed by atoms with Crippen LogP contribution in [0.2, 0.25) is 0 Å². The SMILES string of the molecule is COc1cc(C=C2SC(=S)N(Cc3ccco3)C2=O)ccc1OCCOc1ccccc1. The Bertz CT molecular complexity index is 1110. The molecule has 0 spiro atoms. The number of thioether (sulfide) groups is 1. The predicted molar refractivity (Wildman–Crippen MR) is 128 cm³/mol. The van der Waals surface area contributed by atoms with Crippen LogP contribution in [0.15, 0.2) is 76.2 Å².